The van der Waals surface area contributed by atoms with Gasteiger partial charge in [0.05, 0.1) is 15.7 Å². The summed E-state index contributed by atoms with van der Waals surface area (Å²) in [5.74, 6) is 0. The van der Waals surface area contributed by atoms with Crippen LogP contribution in [0.3, 0.4) is 0 Å². The van der Waals surface area contributed by atoms with Gasteiger partial charge in [0.2, 0.25) is 0 Å². The summed E-state index contributed by atoms with van der Waals surface area (Å²) in [6, 6.07) is 3.87. The average Bonchev–Trinajstić information content (AvgIpc) is 2.18. The molecule has 0 bridgehead atoms. The van der Waals surface area contributed by atoms with Gasteiger partial charge in [0.25, 0.3) is 0 Å². The molecule has 4 heteroatoms. The van der Waals surface area contributed by atoms with Gasteiger partial charge in [-0.15, -0.1) is 0 Å². The van der Waals surface area contributed by atoms with E-state index in [4.69, 9.17) is 5.73 Å². The van der Waals surface area contributed by atoms with Gasteiger partial charge < -0.3 is 5.73 Å². The van der Waals surface area contributed by atoms with E-state index in [2.05, 4.69) is 25.9 Å². The van der Waals surface area contributed by atoms with Gasteiger partial charge in [0.15, 0.2) is 0 Å². The number of pyridine rings is 2. The Morgan fingerprint density at radius 1 is 1.36 bits per heavy atom. The molecule has 0 aliphatic heterocycles. The number of fused-ring (bicyclic) bond motifs is 1. The lowest BCUT2D eigenvalue weighted by atomic mass is 10.2. The van der Waals surface area contributed by atoms with Crippen molar-refractivity contribution >= 4 is 26.8 Å². The Kier molecular flexibility index (Phi) is 2.48. The van der Waals surface area contributed by atoms with Crippen LogP contribution in [0, 0.1) is 0 Å². The van der Waals surface area contributed by atoms with E-state index in [1.807, 2.05) is 19.1 Å². The lowest BCUT2D eigenvalue weighted by Gasteiger charge is -2.06. The van der Waals surface area contributed by atoms with E-state index in [0.29, 0.717) is 0 Å². The quantitative estimate of drug-likeness (QED) is 0.847. The highest BCUT2D eigenvalue weighted by atomic mass is 79.9. The highest BCUT2D eigenvalue weighted by Crippen LogP contribution is 2.21. The first-order chi connectivity index (χ1) is 6.68. The van der Waals surface area contributed by atoms with Gasteiger partial charge in [-0.25, -0.2) is 4.98 Å². The fraction of sp³-hybridized carbons (Fsp3) is 0.200. The van der Waals surface area contributed by atoms with Crippen LogP contribution in [0.2, 0.25) is 0 Å². The second kappa shape index (κ2) is 3.63. The van der Waals surface area contributed by atoms with E-state index in [-0.39, 0.29) is 6.04 Å². The zero-order valence-electron chi connectivity index (χ0n) is 7.74. The van der Waals surface area contributed by atoms with E-state index in [0.717, 1.165) is 21.1 Å². The summed E-state index contributed by atoms with van der Waals surface area (Å²) in [6.07, 6.45) is 3.53. The van der Waals surface area contributed by atoms with Crippen LogP contribution in [0.4, 0.5) is 0 Å². The van der Waals surface area contributed by atoms with Gasteiger partial charge in [-0.1, -0.05) is 0 Å². The molecule has 2 heterocycles. The molecule has 0 saturated heterocycles. The number of hydrogen-bond donors (Lipinski definition) is 1. The highest BCUT2D eigenvalue weighted by Gasteiger charge is 2.04. The van der Waals surface area contributed by atoms with Crippen molar-refractivity contribution in [3.8, 4) is 0 Å². The van der Waals surface area contributed by atoms with Gasteiger partial charge in [0, 0.05) is 23.8 Å². The fourth-order valence-corrected chi connectivity index (χ4v) is 1.71. The van der Waals surface area contributed by atoms with Crippen molar-refractivity contribution in [1.82, 2.24) is 9.97 Å². The highest BCUT2D eigenvalue weighted by molar-refractivity contribution is 9.10. The molecule has 0 amide bonds. The normalized spacial score (nSPS) is 13.1. The van der Waals surface area contributed by atoms with Crippen LogP contribution in [-0.4, -0.2) is 9.97 Å². The lowest BCUT2D eigenvalue weighted by Crippen LogP contribution is -2.07. The summed E-state index contributed by atoms with van der Waals surface area (Å²) >= 11 is 3.41. The average molecular weight is 252 g/mol. The second-order valence-corrected chi connectivity index (χ2v) is 4.07. The maximum atomic E-state index is 5.76. The maximum absolute atomic E-state index is 5.76. The monoisotopic (exact) mass is 251 g/mol. The minimum atomic E-state index is -0.0422. The van der Waals surface area contributed by atoms with Gasteiger partial charge in [-0.3, -0.25) is 4.98 Å². The van der Waals surface area contributed by atoms with E-state index < -0.39 is 0 Å². The number of nitrogens with two attached hydrogens (primary N) is 1. The van der Waals surface area contributed by atoms with Crippen LogP contribution in [0.1, 0.15) is 18.7 Å². The molecule has 2 rings (SSSR count). The number of halogens is 1. The van der Waals surface area contributed by atoms with E-state index in [1.165, 1.54) is 0 Å². The molecule has 0 aliphatic carbocycles. The molecular formula is C10H10BrN3. The topological polar surface area (TPSA) is 51.8 Å². The first-order valence-electron chi connectivity index (χ1n) is 4.34. The maximum Gasteiger partial charge on any atom is 0.0879 e. The van der Waals surface area contributed by atoms with Crippen molar-refractivity contribution in [3.05, 3.63) is 34.7 Å². The van der Waals surface area contributed by atoms with Crippen LogP contribution < -0.4 is 5.73 Å². The molecular weight excluding hydrogens is 242 g/mol. The molecule has 3 nitrogen and oxygen atoms in total. The van der Waals surface area contributed by atoms with Crippen molar-refractivity contribution in [2.75, 3.05) is 0 Å². The summed E-state index contributed by atoms with van der Waals surface area (Å²) < 4.78 is 0.900. The third kappa shape index (κ3) is 1.63. The second-order valence-electron chi connectivity index (χ2n) is 3.22. The van der Waals surface area contributed by atoms with Gasteiger partial charge >= 0.3 is 0 Å². The minimum Gasteiger partial charge on any atom is -0.323 e. The first-order valence-corrected chi connectivity index (χ1v) is 5.13. The molecule has 0 radical (unpaired) electrons. The first kappa shape index (κ1) is 9.55. The third-order valence-electron chi connectivity index (χ3n) is 2.04. The van der Waals surface area contributed by atoms with Gasteiger partial charge in [0.1, 0.15) is 0 Å². The Bertz CT molecular complexity index is 468. The molecule has 0 fully saturated rings. The Morgan fingerprint density at radius 2 is 2.14 bits per heavy atom. The van der Waals surface area contributed by atoms with Crippen LogP contribution in [0.25, 0.3) is 10.9 Å². The van der Waals surface area contributed by atoms with Crippen LogP contribution in [0.5, 0.6) is 0 Å². The van der Waals surface area contributed by atoms with E-state index in [9.17, 15) is 0 Å². The van der Waals surface area contributed by atoms with Crippen molar-refractivity contribution in [1.29, 1.82) is 0 Å². The number of hydrogen-bond acceptors (Lipinski definition) is 3. The Balaban J connectivity index is 2.70. The summed E-state index contributed by atoms with van der Waals surface area (Å²) in [5, 5.41) is 1.02. The van der Waals surface area contributed by atoms with Crippen molar-refractivity contribution in [2.24, 2.45) is 5.73 Å². The molecule has 0 unspecified atom stereocenters. The van der Waals surface area contributed by atoms with Crippen LogP contribution in [-0.2, 0) is 0 Å². The molecule has 14 heavy (non-hydrogen) atoms. The van der Waals surface area contributed by atoms with Crippen LogP contribution in [0.15, 0.2) is 29.0 Å². The molecule has 0 aliphatic rings. The Morgan fingerprint density at radius 3 is 2.86 bits per heavy atom. The molecule has 1 atom stereocenters. The summed E-state index contributed by atoms with van der Waals surface area (Å²) in [4.78, 5) is 8.53. The molecule has 2 N–H and O–H groups in total. The van der Waals surface area contributed by atoms with Gasteiger partial charge in [-0.05, 0) is 35.0 Å². The summed E-state index contributed by atoms with van der Waals surface area (Å²) in [6.45, 7) is 1.92. The minimum absolute atomic E-state index is 0.0422. The summed E-state index contributed by atoms with van der Waals surface area (Å²) in [5.41, 5.74) is 7.57. The molecule has 72 valence electrons. The lowest BCUT2D eigenvalue weighted by molar-refractivity contribution is 0.786. The largest absolute Gasteiger partial charge is 0.323 e. The standard InChI is InChI=1S/C10H10BrN3/c1-6(12)9-3-2-7-4-13-5-8(11)10(7)14-9/h2-6H,12H2,1H3/t6-/m1/s1. The third-order valence-corrected chi connectivity index (χ3v) is 2.62. The number of rotatable bonds is 1. The smallest absolute Gasteiger partial charge is 0.0879 e. The van der Waals surface area contributed by atoms with Crippen LogP contribution >= 0.6 is 15.9 Å². The Hall–Kier alpha value is -1.00. The molecule has 0 saturated carbocycles. The molecule has 0 spiro atoms. The summed E-state index contributed by atoms with van der Waals surface area (Å²) in [7, 11) is 0. The Labute approximate surface area is 90.5 Å². The SMILES string of the molecule is C[C@@H](N)c1ccc2cncc(Br)c2n1. The van der Waals surface area contributed by atoms with Crippen molar-refractivity contribution in [2.45, 2.75) is 13.0 Å². The number of aromatic nitrogens is 2. The molecule has 2 aromatic heterocycles. The zero-order chi connectivity index (χ0) is 10.1. The zero-order valence-corrected chi connectivity index (χ0v) is 9.32. The molecule has 0 aromatic carbocycles. The molecule has 2 aromatic rings. The van der Waals surface area contributed by atoms with E-state index in [1.54, 1.807) is 12.4 Å². The van der Waals surface area contributed by atoms with E-state index >= 15 is 0 Å². The predicted molar refractivity (Wildman–Crippen MR) is 59.8 cm³/mol. The number of nitrogens with zero attached hydrogens (tertiary/aromatic N) is 2. The predicted octanol–water partition coefficient (Wildman–Crippen LogP) is 2.41. The van der Waals surface area contributed by atoms with Crippen molar-refractivity contribution in [3.63, 3.8) is 0 Å². The fourth-order valence-electron chi connectivity index (χ4n) is 1.28. The van der Waals surface area contributed by atoms with Crippen molar-refractivity contribution < 1.29 is 0 Å². The van der Waals surface area contributed by atoms with Gasteiger partial charge in [-0.2, -0.15) is 0 Å².